The maximum atomic E-state index is 12.7. The lowest BCUT2D eigenvalue weighted by atomic mass is 9.89. The van der Waals surface area contributed by atoms with Crippen LogP contribution in [0.1, 0.15) is 28.6 Å². The number of hydrogen-bond donors (Lipinski definition) is 1. The summed E-state index contributed by atoms with van der Waals surface area (Å²) in [6, 6.07) is 7.20. The molecule has 7 nitrogen and oxygen atoms in total. The van der Waals surface area contributed by atoms with Crippen molar-refractivity contribution >= 4 is 34.4 Å². The standard InChI is InChI=1S/C16H14N2O5S/c1-2-17-12-6-5-10(18(22)23)8-11(12)16(21,15(17)20)9-13(19)14-4-3-7-24-14/h3-8,21H,2,9H2,1H3/t16-/m1/s1. The summed E-state index contributed by atoms with van der Waals surface area (Å²) >= 11 is 1.22. The molecule has 2 aromatic rings. The molecule has 24 heavy (non-hydrogen) atoms. The number of thiophene rings is 1. The number of rotatable bonds is 5. The normalized spacial score (nSPS) is 19.4. The van der Waals surface area contributed by atoms with Gasteiger partial charge in [0.15, 0.2) is 11.4 Å². The summed E-state index contributed by atoms with van der Waals surface area (Å²) in [5.74, 6) is -1.01. The highest BCUT2D eigenvalue weighted by molar-refractivity contribution is 7.12. The number of nitrogens with zero attached hydrogens (tertiary/aromatic N) is 2. The maximum absolute atomic E-state index is 12.7. The van der Waals surface area contributed by atoms with E-state index in [1.54, 1.807) is 24.4 Å². The van der Waals surface area contributed by atoms with Crippen molar-refractivity contribution in [2.75, 3.05) is 11.4 Å². The van der Waals surface area contributed by atoms with Gasteiger partial charge in [-0.15, -0.1) is 11.3 Å². The SMILES string of the molecule is CCN1C(=O)[C@@](O)(CC(=O)c2cccs2)c2cc([N+](=O)[O-])ccc21. The number of Topliss-reactive ketones (excluding diaryl/α,β-unsaturated/α-hetero) is 1. The number of likely N-dealkylation sites (N-methyl/N-ethyl adjacent to an activating group) is 1. The second kappa shape index (κ2) is 5.81. The lowest BCUT2D eigenvalue weighted by Crippen LogP contribution is -2.41. The Hall–Kier alpha value is -2.58. The third kappa shape index (κ3) is 2.40. The van der Waals surface area contributed by atoms with Crippen molar-refractivity contribution in [1.29, 1.82) is 0 Å². The van der Waals surface area contributed by atoms with E-state index in [1.807, 2.05) is 0 Å². The van der Waals surface area contributed by atoms with Gasteiger partial charge < -0.3 is 10.0 Å². The van der Waals surface area contributed by atoms with Crippen molar-refractivity contribution in [2.45, 2.75) is 18.9 Å². The van der Waals surface area contributed by atoms with E-state index in [1.165, 1.54) is 34.4 Å². The predicted octanol–water partition coefficient (Wildman–Crippen LogP) is 2.48. The van der Waals surface area contributed by atoms with Crippen LogP contribution in [0.4, 0.5) is 11.4 Å². The zero-order chi connectivity index (χ0) is 17.5. The Morgan fingerprint density at radius 3 is 2.75 bits per heavy atom. The van der Waals surface area contributed by atoms with Gasteiger partial charge in [-0.2, -0.15) is 0 Å². The molecule has 0 aliphatic carbocycles. The molecular formula is C16H14N2O5S. The first-order chi connectivity index (χ1) is 11.4. The predicted molar refractivity (Wildman–Crippen MR) is 88.3 cm³/mol. The molecule has 0 unspecified atom stereocenters. The van der Waals surface area contributed by atoms with E-state index < -0.39 is 22.9 Å². The molecule has 1 amide bonds. The fraction of sp³-hybridized carbons (Fsp3) is 0.250. The van der Waals surface area contributed by atoms with Crippen LogP contribution in [0.25, 0.3) is 0 Å². The van der Waals surface area contributed by atoms with Gasteiger partial charge in [0.05, 0.1) is 21.9 Å². The molecule has 2 heterocycles. The monoisotopic (exact) mass is 346 g/mol. The molecule has 1 aliphatic rings. The number of benzene rings is 1. The molecule has 0 spiro atoms. The third-order valence-electron chi connectivity index (χ3n) is 4.05. The van der Waals surface area contributed by atoms with Crippen LogP contribution in [-0.2, 0) is 10.4 Å². The van der Waals surface area contributed by atoms with E-state index in [9.17, 15) is 24.8 Å². The van der Waals surface area contributed by atoms with Crippen molar-refractivity contribution < 1.29 is 19.6 Å². The number of amides is 1. The fourth-order valence-corrected chi connectivity index (χ4v) is 3.56. The van der Waals surface area contributed by atoms with Gasteiger partial charge in [-0.25, -0.2) is 0 Å². The number of non-ortho nitro benzene ring substituents is 1. The molecule has 8 heteroatoms. The van der Waals surface area contributed by atoms with E-state index in [0.717, 1.165) is 0 Å². The van der Waals surface area contributed by atoms with Gasteiger partial charge in [-0.05, 0) is 24.4 Å². The van der Waals surface area contributed by atoms with Crippen LogP contribution in [0.3, 0.4) is 0 Å². The van der Waals surface area contributed by atoms with E-state index in [0.29, 0.717) is 17.1 Å². The number of hydrogen-bond acceptors (Lipinski definition) is 6. The van der Waals surface area contributed by atoms with Crippen molar-refractivity contribution in [1.82, 2.24) is 0 Å². The lowest BCUT2D eigenvalue weighted by molar-refractivity contribution is -0.385. The Morgan fingerprint density at radius 2 is 2.17 bits per heavy atom. The Kier molecular flexibility index (Phi) is 3.94. The molecule has 3 rings (SSSR count). The smallest absolute Gasteiger partial charge is 0.269 e. The Morgan fingerprint density at radius 1 is 1.42 bits per heavy atom. The summed E-state index contributed by atoms with van der Waals surface area (Å²) < 4.78 is 0. The van der Waals surface area contributed by atoms with Crippen molar-refractivity contribution in [3.63, 3.8) is 0 Å². The number of fused-ring (bicyclic) bond motifs is 1. The molecule has 0 bridgehead atoms. The van der Waals surface area contributed by atoms with Crippen LogP contribution in [0.2, 0.25) is 0 Å². The zero-order valence-corrected chi connectivity index (χ0v) is 13.6. The first-order valence-electron chi connectivity index (χ1n) is 7.28. The second-order valence-electron chi connectivity index (χ2n) is 5.45. The number of carbonyl (C=O) groups is 2. The number of anilines is 1. The van der Waals surface area contributed by atoms with Gasteiger partial charge >= 0.3 is 0 Å². The topological polar surface area (TPSA) is 101 Å². The van der Waals surface area contributed by atoms with Crippen LogP contribution >= 0.6 is 11.3 Å². The highest BCUT2D eigenvalue weighted by atomic mass is 32.1. The summed E-state index contributed by atoms with van der Waals surface area (Å²) in [5, 5.41) is 23.7. The number of ketones is 1. The average Bonchev–Trinajstić information content (AvgIpc) is 3.15. The molecular weight excluding hydrogens is 332 g/mol. The van der Waals surface area contributed by atoms with Crippen molar-refractivity contribution in [2.24, 2.45) is 0 Å². The van der Waals surface area contributed by atoms with Crippen molar-refractivity contribution in [3.8, 4) is 0 Å². The fourth-order valence-electron chi connectivity index (χ4n) is 2.89. The third-order valence-corrected chi connectivity index (χ3v) is 4.97. The minimum absolute atomic E-state index is 0.105. The number of nitro groups is 1. The van der Waals surface area contributed by atoms with Crippen LogP contribution in [0.5, 0.6) is 0 Å². The van der Waals surface area contributed by atoms with E-state index in [4.69, 9.17) is 0 Å². The van der Waals surface area contributed by atoms with Gasteiger partial charge in [-0.3, -0.25) is 19.7 Å². The second-order valence-corrected chi connectivity index (χ2v) is 6.39. The molecule has 0 fully saturated rings. The van der Waals surface area contributed by atoms with E-state index >= 15 is 0 Å². The molecule has 1 aromatic heterocycles. The van der Waals surface area contributed by atoms with Crippen molar-refractivity contribution in [3.05, 3.63) is 56.3 Å². The van der Waals surface area contributed by atoms with Crippen LogP contribution < -0.4 is 4.90 Å². The lowest BCUT2D eigenvalue weighted by Gasteiger charge is -2.21. The van der Waals surface area contributed by atoms with Crippen LogP contribution in [-0.4, -0.2) is 28.3 Å². The summed E-state index contributed by atoms with van der Waals surface area (Å²) in [5.41, 5.74) is -1.82. The quantitative estimate of drug-likeness (QED) is 0.509. The molecule has 1 aliphatic heterocycles. The summed E-state index contributed by atoms with van der Waals surface area (Å²) in [6.45, 7) is 2.02. The molecule has 1 aromatic carbocycles. The minimum Gasteiger partial charge on any atom is -0.375 e. The summed E-state index contributed by atoms with van der Waals surface area (Å²) in [7, 11) is 0. The van der Waals surface area contributed by atoms with Crippen LogP contribution in [0, 0.1) is 10.1 Å². The highest BCUT2D eigenvalue weighted by Gasteiger charge is 2.51. The number of carbonyl (C=O) groups excluding carboxylic acids is 2. The first-order valence-corrected chi connectivity index (χ1v) is 8.16. The molecule has 124 valence electrons. The first kappa shape index (κ1) is 16.3. The zero-order valence-electron chi connectivity index (χ0n) is 12.8. The molecule has 0 saturated heterocycles. The average molecular weight is 346 g/mol. The van der Waals surface area contributed by atoms with E-state index in [-0.39, 0.29) is 17.0 Å². The Balaban J connectivity index is 2.07. The molecule has 0 saturated carbocycles. The van der Waals surface area contributed by atoms with Gasteiger partial charge in [0, 0.05) is 24.2 Å². The number of aliphatic hydroxyl groups is 1. The van der Waals surface area contributed by atoms with Gasteiger partial charge in [0.1, 0.15) is 0 Å². The Bertz CT molecular complexity index is 833. The Labute approximate surface area is 141 Å². The highest BCUT2D eigenvalue weighted by Crippen LogP contribution is 2.44. The van der Waals surface area contributed by atoms with Gasteiger partial charge in [0.25, 0.3) is 11.6 Å². The van der Waals surface area contributed by atoms with Gasteiger partial charge in [0.2, 0.25) is 0 Å². The van der Waals surface area contributed by atoms with Gasteiger partial charge in [-0.1, -0.05) is 6.07 Å². The summed E-state index contributed by atoms with van der Waals surface area (Å²) in [6.07, 6.45) is -0.447. The molecule has 0 radical (unpaired) electrons. The van der Waals surface area contributed by atoms with E-state index in [2.05, 4.69) is 0 Å². The molecule has 1 N–H and O–H groups in total. The minimum atomic E-state index is -2.08. The van der Waals surface area contributed by atoms with Crippen LogP contribution in [0.15, 0.2) is 35.7 Å². The largest absolute Gasteiger partial charge is 0.375 e. The maximum Gasteiger partial charge on any atom is 0.269 e. The number of nitro benzene ring substituents is 1. The molecule has 1 atom stereocenters. The summed E-state index contributed by atoms with van der Waals surface area (Å²) in [4.78, 5) is 37.2.